The summed E-state index contributed by atoms with van der Waals surface area (Å²) in [5, 5.41) is 5.26. The van der Waals surface area contributed by atoms with Gasteiger partial charge >= 0.3 is 6.03 Å². The number of urea groups is 1. The van der Waals surface area contributed by atoms with Crippen LogP contribution in [-0.2, 0) is 6.54 Å². The van der Waals surface area contributed by atoms with E-state index in [4.69, 9.17) is 0 Å². The number of fused-ring (bicyclic) bond motifs is 1. The molecule has 2 aromatic heterocycles. The zero-order valence-corrected chi connectivity index (χ0v) is 14.0. The fourth-order valence-corrected chi connectivity index (χ4v) is 3.95. The van der Waals surface area contributed by atoms with Gasteiger partial charge in [-0.25, -0.2) is 4.79 Å². The Labute approximate surface area is 135 Å². The molecule has 1 aliphatic rings. The highest BCUT2D eigenvalue weighted by Gasteiger charge is 2.33. The summed E-state index contributed by atoms with van der Waals surface area (Å²) in [7, 11) is 0. The van der Waals surface area contributed by atoms with Gasteiger partial charge in [0.2, 0.25) is 0 Å². The van der Waals surface area contributed by atoms with Gasteiger partial charge in [-0.1, -0.05) is 19.9 Å². The van der Waals surface area contributed by atoms with E-state index in [1.807, 2.05) is 4.90 Å². The molecule has 0 saturated carbocycles. The van der Waals surface area contributed by atoms with Gasteiger partial charge in [0.1, 0.15) is 6.04 Å². The van der Waals surface area contributed by atoms with Gasteiger partial charge in [-0.2, -0.15) is 0 Å². The van der Waals surface area contributed by atoms with Crippen molar-refractivity contribution in [3.63, 3.8) is 0 Å². The van der Waals surface area contributed by atoms with E-state index in [-0.39, 0.29) is 18.1 Å². The maximum atomic E-state index is 12.8. The highest BCUT2D eigenvalue weighted by atomic mass is 32.1. The molecule has 1 atom stereocenters. The van der Waals surface area contributed by atoms with Crippen molar-refractivity contribution in [2.24, 2.45) is 0 Å². The average Bonchev–Trinajstić information content (AvgIpc) is 3.21. The van der Waals surface area contributed by atoms with Crippen LogP contribution in [0, 0.1) is 0 Å². The summed E-state index contributed by atoms with van der Waals surface area (Å²) < 4.78 is 2.26. The topological polar surface area (TPSA) is 37.3 Å². The number of amides is 2. The first kappa shape index (κ1) is 15.2. The number of aromatic nitrogens is 1. The summed E-state index contributed by atoms with van der Waals surface area (Å²) in [5.41, 5.74) is 1.20. The van der Waals surface area contributed by atoms with Gasteiger partial charge in [0.05, 0.1) is 0 Å². The van der Waals surface area contributed by atoms with Gasteiger partial charge in [-0.15, -0.1) is 11.3 Å². The lowest BCUT2D eigenvalue weighted by Gasteiger charge is -2.37. The Morgan fingerprint density at radius 1 is 1.32 bits per heavy atom. The molecule has 2 aromatic rings. The number of rotatable bonds is 4. The van der Waals surface area contributed by atoms with E-state index in [2.05, 4.69) is 59.6 Å². The third-order valence-corrected chi connectivity index (χ3v) is 5.35. The van der Waals surface area contributed by atoms with Crippen LogP contribution in [0.15, 0.2) is 35.8 Å². The van der Waals surface area contributed by atoms with Crippen LogP contribution in [0.4, 0.5) is 4.79 Å². The van der Waals surface area contributed by atoms with Crippen LogP contribution < -0.4 is 5.32 Å². The zero-order chi connectivity index (χ0) is 15.5. The summed E-state index contributed by atoms with van der Waals surface area (Å²) in [6.45, 7) is 5.84. The maximum Gasteiger partial charge on any atom is 0.318 e. The van der Waals surface area contributed by atoms with Gasteiger partial charge in [0.25, 0.3) is 0 Å². The van der Waals surface area contributed by atoms with Gasteiger partial charge in [-0.05, 0) is 36.4 Å². The fourth-order valence-electron chi connectivity index (χ4n) is 3.10. The minimum atomic E-state index is 0.0260. The molecule has 0 saturated heterocycles. The van der Waals surface area contributed by atoms with Crippen molar-refractivity contribution in [1.82, 2.24) is 14.8 Å². The summed E-state index contributed by atoms with van der Waals surface area (Å²) in [5.74, 6) is 0. The third-order valence-electron chi connectivity index (χ3n) is 4.43. The number of carbonyl (C=O) groups is 1. The molecule has 0 bridgehead atoms. The second-order valence-corrected chi connectivity index (χ2v) is 6.68. The summed E-state index contributed by atoms with van der Waals surface area (Å²) in [6.07, 6.45) is 4.04. The SMILES string of the molecule is CCC(CC)NC(=O)N1CCn2cccc2C1c1cccs1. The highest BCUT2D eigenvalue weighted by molar-refractivity contribution is 7.10. The molecule has 4 nitrogen and oxygen atoms in total. The minimum absolute atomic E-state index is 0.0260. The van der Waals surface area contributed by atoms with Crippen molar-refractivity contribution in [3.8, 4) is 0 Å². The number of carbonyl (C=O) groups excluding carboxylic acids is 1. The standard InChI is InChI=1S/C17H23N3OS/c1-3-13(4-2)18-17(21)20-11-10-19-9-5-7-14(19)16(20)15-8-6-12-22-15/h5-9,12-13,16H,3-4,10-11H2,1-2H3,(H,18,21). The molecule has 3 rings (SSSR count). The molecular weight excluding hydrogens is 294 g/mol. The summed E-state index contributed by atoms with van der Waals surface area (Å²) in [6, 6.07) is 8.70. The largest absolute Gasteiger partial charge is 0.347 e. The average molecular weight is 317 g/mol. The molecule has 5 heteroatoms. The molecule has 0 fully saturated rings. The van der Waals surface area contributed by atoms with Crippen molar-refractivity contribution in [1.29, 1.82) is 0 Å². The number of thiophene rings is 1. The van der Waals surface area contributed by atoms with Crippen LogP contribution in [0.25, 0.3) is 0 Å². The quantitative estimate of drug-likeness (QED) is 0.913. The Balaban J connectivity index is 1.88. The van der Waals surface area contributed by atoms with Crippen LogP contribution in [0.2, 0.25) is 0 Å². The molecule has 1 unspecified atom stereocenters. The lowest BCUT2D eigenvalue weighted by Crippen LogP contribution is -2.49. The van der Waals surface area contributed by atoms with Gasteiger partial charge in [-0.3, -0.25) is 0 Å². The molecule has 1 aliphatic heterocycles. The van der Waals surface area contributed by atoms with Gasteiger partial charge < -0.3 is 14.8 Å². The number of nitrogens with zero attached hydrogens (tertiary/aromatic N) is 2. The molecule has 1 N–H and O–H groups in total. The van der Waals surface area contributed by atoms with E-state index in [0.717, 1.165) is 25.9 Å². The van der Waals surface area contributed by atoms with E-state index in [1.54, 1.807) is 11.3 Å². The Morgan fingerprint density at radius 2 is 2.14 bits per heavy atom. The predicted octanol–water partition coefficient (Wildman–Crippen LogP) is 3.85. The van der Waals surface area contributed by atoms with Crippen molar-refractivity contribution in [2.45, 2.75) is 45.3 Å². The van der Waals surface area contributed by atoms with Crippen LogP contribution in [0.3, 0.4) is 0 Å². The first-order valence-electron chi connectivity index (χ1n) is 8.00. The predicted molar refractivity (Wildman–Crippen MR) is 90.2 cm³/mol. The lowest BCUT2D eigenvalue weighted by molar-refractivity contribution is 0.165. The molecule has 22 heavy (non-hydrogen) atoms. The number of nitrogens with one attached hydrogen (secondary N) is 1. The Hall–Kier alpha value is -1.75. The monoisotopic (exact) mass is 317 g/mol. The van der Waals surface area contributed by atoms with Crippen molar-refractivity contribution >= 4 is 17.4 Å². The minimum Gasteiger partial charge on any atom is -0.347 e. The molecule has 2 amide bonds. The van der Waals surface area contributed by atoms with E-state index in [1.165, 1.54) is 10.6 Å². The maximum absolute atomic E-state index is 12.8. The number of hydrogen-bond donors (Lipinski definition) is 1. The smallest absolute Gasteiger partial charge is 0.318 e. The molecule has 0 spiro atoms. The number of hydrogen-bond acceptors (Lipinski definition) is 2. The van der Waals surface area contributed by atoms with Crippen molar-refractivity contribution < 1.29 is 4.79 Å². The molecule has 118 valence electrons. The molecule has 0 aliphatic carbocycles. The zero-order valence-electron chi connectivity index (χ0n) is 13.2. The molecule has 0 radical (unpaired) electrons. The highest BCUT2D eigenvalue weighted by Crippen LogP contribution is 2.34. The van der Waals surface area contributed by atoms with Crippen LogP contribution >= 0.6 is 11.3 Å². The second-order valence-electron chi connectivity index (χ2n) is 5.70. The lowest BCUT2D eigenvalue weighted by atomic mass is 10.1. The Morgan fingerprint density at radius 3 is 2.82 bits per heavy atom. The third kappa shape index (κ3) is 2.77. The van der Waals surface area contributed by atoms with Crippen LogP contribution in [-0.4, -0.2) is 28.1 Å². The summed E-state index contributed by atoms with van der Waals surface area (Å²) >= 11 is 1.71. The van der Waals surface area contributed by atoms with Crippen molar-refractivity contribution in [3.05, 3.63) is 46.4 Å². The van der Waals surface area contributed by atoms with E-state index >= 15 is 0 Å². The molecular formula is C17H23N3OS. The first-order chi connectivity index (χ1) is 10.7. The second kappa shape index (κ2) is 6.57. The normalized spacial score (nSPS) is 17.6. The van der Waals surface area contributed by atoms with Gasteiger partial charge in [0.15, 0.2) is 0 Å². The van der Waals surface area contributed by atoms with Gasteiger partial charge in [0, 0.05) is 35.9 Å². The first-order valence-corrected chi connectivity index (χ1v) is 8.88. The van der Waals surface area contributed by atoms with Crippen LogP contribution in [0.5, 0.6) is 0 Å². The van der Waals surface area contributed by atoms with Crippen molar-refractivity contribution in [2.75, 3.05) is 6.54 Å². The van der Waals surface area contributed by atoms with E-state index < -0.39 is 0 Å². The summed E-state index contributed by atoms with van der Waals surface area (Å²) in [4.78, 5) is 16.0. The fraction of sp³-hybridized carbons (Fsp3) is 0.471. The Kier molecular flexibility index (Phi) is 4.52. The van der Waals surface area contributed by atoms with E-state index in [0.29, 0.717) is 0 Å². The van der Waals surface area contributed by atoms with E-state index in [9.17, 15) is 4.79 Å². The molecule has 3 heterocycles. The van der Waals surface area contributed by atoms with Crippen LogP contribution in [0.1, 0.15) is 43.3 Å². The Bertz CT molecular complexity index is 616. The molecule has 0 aromatic carbocycles.